The third kappa shape index (κ3) is 2.27. The number of aryl methyl sites for hydroxylation is 1. The molecule has 2 heteroatoms. The van der Waals surface area contributed by atoms with Gasteiger partial charge in [0.2, 0.25) is 0 Å². The van der Waals surface area contributed by atoms with Crippen molar-refractivity contribution in [1.29, 1.82) is 0 Å². The lowest BCUT2D eigenvalue weighted by atomic mass is 9.80. The van der Waals surface area contributed by atoms with Crippen LogP contribution in [-0.4, -0.2) is 14.2 Å². The predicted molar refractivity (Wildman–Crippen MR) is 88.7 cm³/mol. The fraction of sp³-hybridized carbons (Fsp3) is 0.400. The predicted octanol–water partition coefficient (Wildman–Crippen LogP) is 4.64. The minimum atomic E-state index is 0.673. The van der Waals surface area contributed by atoms with Crippen LogP contribution in [0.5, 0.6) is 11.5 Å². The molecule has 0 N–H and O–H groups in total. The Morgan fingerprint density at radius 3 is 2.45 bits per heavy atom. The van der Waals surface area contributed by atoms with Gasteiger partial charge in [-0.05, 0) is 66.3 Å². The Morgan fingerprint density at radius 2 is 1.73 bits per heavy atom. The normalized spacial score (nSPS) is 17.9. The van der Waals surface area contributed by atoms with Gasteiger partial charge in [0.25, 0.3) is 0 Å². The number of fused-ring (bicyclic) bond motifs is 1. The smallest absolute Gasteiger partial charge is 0.130 e. The van der Waals surface area contributed by atoms with Crippen LogP contribution in [0, 0.1) is 5.41 Å². The summed E-state index contributed by atoms with van der Waals surface area (Å²) in [5, 5.41) is 0. The van der Waals surface area contributed by atoms with Gasteiger partial charge in [-0.25, -0.2) is 0 Å². The van der Waals surface area contributed by atoms with Crippen LogP contribution in [0.4, 0.5) is 0 Å². The van der Waals surface area contributed by atoms with E-state index in [1.165, 1.54) is 43.2 Å². The number of methoxy groups -OCH3 is 2. The number of hydrogen-bond donors (Lipinski definition) is 0. The highest BCUT2D eigenvalue weighted by Crippen LogP contribution is 2.54. The van der Waals surface area contributed by atoms with Crippen molar-refractivity contribution in [3.8, 4) is 22.6 Å². The molecule has 0 saturated heterocycles. The molecule has 114 valence electrons. The highest BCUT2D eigenvalue weighted by atomic mass is 16.5. The molecule has 2 aromatic rings. The molecule has 0 unspecified atom stereocenters. The van der Waals surface area contributed by atoms with Crippen molar-refractivity contribution in [3.63, 3.8) is 0 Å². The second-order valence-electron chi connectivity index (χ2n) is 6.73. The molecule has 1 spiro atoms. The molecule has 0 aromatic heterocycles. The lowest BCUT2D eigenvalue weighted by molar-refractivity contribution is 0.395. The first-order chi connectivity index (χ1) is 10.7. The van der Waals surface area contributed by atoms with E-state index in [1.54, 1.807) is 19.8 Å². The van der Waals surface area contributed by atoms with E-state index in [-0.39, 0.29) is 0 Å². The van der Waals surface area contributed by atoms with E-state index in [2.05, 4.69) is 24.3 Å². The Morgan fingerprint density at radius 1 is 0.864 bits per heavy atom. The van der Waals surface area contributed by atoms with Crippen LogP contribution in [0.15, 0.2) is 36.4 Å². The molecule has 4 rings (SSSR count). The first kappa shape index (κ1) is 13.7. The summed E-state index contributed by atoms with van der Waals surface area (Å²) in [6.45, 7) is 0. The van der Waals surface area contributed by atoms with E-state index in [4.69, 9.17) is 9.47 Å². The lowest BCUT2D eigenvalue weighted by Gasteiger charge is -2.25. The SMILES string of the molecule is COc1ccc(-c2ccc3c(c2)CCC2(CC2)C3)c(OC)c1. The summed E-state index contributed by atoms with van der Waals surface area (Å²) in [5.41, 5.74) is 6.13. The molecule has 2 aliphatic rings. The van der Waals surface area contributed by atoms with E-state index < -0.39 is 0 Å². The minimum absolute atomic E-state index is 0.673. The molecule has 0 aliphatic heterocycles. The van der Waals surface area contributed by atoms with Gasteiger partial charge in [-0.1, -0.05) is 18.2 Å². The van der Waals surface area contributed by atoms with Gasteiger partial charge < -0.3 is 9.47 Å². The summed E-state index contributed by atoms with van der Waals surface area (Å²) in [7, 11) is 3.40. The van der Waals surface area contributed by atoms with Crippen LogP contribution >= 0.6 is 0 Å². The van der Waals surface area contributed by atoms with Gasteiger partial charge in [0.1, 0.15) is 11.5 Å². The van der Waals surface area contributed by atoms with Crippen LogP contribution in [-0.2, 0) is 12.8 Å². The van der Waals surface area contributed by atoms with Crippen molar-refractivity contribution in [2.75, 3.05) is 14.2 Å². The van der Waals surface area contributed by atoms with Gasteiger partial charge in [-0.3, -0.25) is 0 Å². The Kier molecular flexibility index (Phi) is 3.14. The molecule has 22 heavy (non-hydrogen) atoms. The van der Waals surface area contributed by atoms with Gasteiger partial charge in [0.05, 0.1) is 14.2 Å². The molecule has 0 radical (unpaired) electrons. The zero-order chi connectivity index (χ0) is 15.2. The lowest BCUT2D eigenvalue weighted by Crippen LogP contribution is -2.14. The van der Waals surface area contributed by atoms with E-state index in [0.717, 1.165) is 17.1 Å². The average Bonchev–Trinajstić information content (AvgIpc) is 3.32. The zero-order valence-corrected chi connectivity index (χ0v) is 13.3. The van der Waals surface area contributed by atoms with Gasteiger partial charge in [-0.2, -0.15) is 0 Å². The molecule has 0 bridgehead atoms. The number of benzene rings is 2. The quantitative estimate of drug-likeness (QED) is 0.821. The van der Waals surface area contributed by atoms with Crippen molar-refractivity contribution in [2.45, 2.75) is 32.1 Å². The topological polar surface area (TPSA) is 18.5 Å². The molecule has 2 aromatic carbocycles. The van der Waals surface area contributed by atoms with Gasteiger partial charge in [-0.15, -0.1) is 0 Å². The Hall–Kier alpha value is -1.96. The molecule has 0 atom stereocenters. The number of rotatable bonds is 3. The maximum atomic E-state index is 5.55. The third-order valence-electron chi connectivity index (χ3n) is 5.37. The summed E-state index contributed by atoms with van der Waals surface area (Å²) in [5.74, 6) is 1.70. The van der Waals surface area contributed by atoms with Gasteiger partial charge >= 0.3 is 0 Å². The monoisotopic (exact) mass is 294 g/mol. The fourth-order valence-corrected chi connectivity index (χ4v) is 3.73. The van der Waals surface area contributed by atoms with E-state index in [9.17, 15) is 0 Å². The van der Waals surface area contributed by atoms with Crippen LogP contribution in [0.25, 0.3) is 11.1 Å². The standard InChI is InChI=1S/C20H22O2/c1-21-17-5-6-18(19(12-17)22-2)15-3-4-16-13-20(9-10-20)8-7-14(16)11-15/h3-6,11-12H,7-10,13H2,1-2H3. The molecule has 1 saturated carbocycles. The summed E-state index contributed by atoms with van der Waals surface area (Å²) in [6, 6.07) is 13.0. The van der Waals surface area contributed by atoms with Crippen LogP contribution < -0.4 is 9.47 Å². The summed E-state index contributed by atoms with van der Waals surface area (Å²) >= 11 is 0. The summed E-state index contributed by atoms with van der Waals surface area (Å²) < 4.78 is 10.8. The molecule has 0 heterocycles. The Balaban J connectivity index is 1.71. The van der Waals surface area contributed by atoms with Crippen LogP contribution in [0.2, 0.25) is 0 Å². The van der Waals surface area contributed by atoms with Crippen LogP contribution in [0.3, 0.4) is 0 Å². The van der Waals surface area contributed by atoms with Gasteiger partial charge in [0.15, 0.2) is 0 Å². The minimum Gasteiger partial charge on any atom is -0.497 e. The number of hydrogen-bond acceptors (Lipinski definition) is 2. The highest BCUT2D eigenvalue weighted by molar-refractivity contribution is 5.72. The van der Waals surface area contributed by atoms with Crippen molar-refractivity contribution in [1.82, 2.24) is 0 Å². The molecule has 2 aliphatic carbocycles. The van der Waals surface area contributed by atoms with Crippen molar-refractivity contribution < 1.29 is 9.47 Å². The fourth-order valence-electron chi connectivity index (χ4n) is 3.73. The maximum absolute atomic E-state index is 5.55. The summed E-state index contributed by atoms with van der Waals surface area (Å²) in [4.78, 5) is 0. The second-order valence-corrected chi connectivity index (χ2v) is 6.73. The summed E-state index contributed by atoms with van der Waals surface area (Å²) in [6.07, 6.45) is 6.73. The second kappa shape index (κ2) is 5.05. The van der Waals surface area contributed by atoms with E-state index in [1.807, 2.05) is 12.1 Å². The molecule has 0 amide bonds. The highest BCUT2D eigenvalue weighted by Gasteiger charge is 2.44. The molecule has 2 nitrogen and oxygen atoms in total. The Bertz CT molecular complexity index is 714. The largest absolute Gasteiger partial charge is 0.497 e. The van der Waals surface area contributed by atoms with E-state index in [0.29, 0.717) is 5.41 Å². The van der Waals surface area contributed by atoms with E-state index >= 15 is 0 Å². The third-order valence-corrected chi connectivity index (χ3v) is 5.37. The number of ether oxygens (including phenoxy) is 2. The Labute approximate surface area is 132 Å². The van der Waals surface area contributed by atoms with Crippen molar-refractivity contribution >= 4 is 0 Å². The first-order valence-electron chi connectivity index (χ1n) is 8.07. The van der Waals surface area contributed by atoms with Crippen molar-refractivity contribution in [2.24, 2.45) is 5.41 Å². The molecule has 1 fully saturated rings. The van der Waals surface area contributed by atoms with Crippen molar-refractivity contribution in [3.05, 3.63) is 47.5 Å². The maximum Gasteiger partial charge on any atom is 0.130 e. The zero-order valence-electron chi connectivity index (χ0n) is 13.3. The van der Waals surface area contributed by atoms with Gasteiger partial charge in [0, 0.05) is 11.6 Å². The molecular formula is C20H22O2. The molecular weight excluding hydrogens is 272 g/mol. The van der Waals surface area contributed by atoms with Crippen LogP contribution in [0.1, 0.15) is 30.4 Å². The average molecular weight is 294 g/mol. The first-order valence-corrected chi connectivity index (χ1v) is 8.07.